The van der Waals surface area contributed by atoms with Crippen LogP contribution in [0.15, 0.2) is 18.2 Å². The third kappa shape index (κ3) is 4.83. The Bertz CT molecular complexity index is 485. The van der Waals surface area contributed by atoms with Crippen LogP contribution in [0.2, 0.25) is 0 Å². The third-order valence-corrected chi connectivity index (χ3v) is 3.92. The lowest BCUT2D eigenvalue weighted by Crippen LogP contribution is -2.42. The van der Waals surface area contributed by atoms with Gasteiger partial charge < -0.3 is 20.1 Å². The molecule has 1 aliphatic carbocycles. The molecule has 1 fully saturated rings. The molecule has 122 valence electrons. The Kier molecular flexibility index (Phi) is 6.37. The first-order chi connectivity index (χ1) is 10.7. The Hall–Kier alpha value is -1.91. The van der Waals surface area contributed by atoms with Gasteiger partial charge >= 0.3 is 6.03 Å². The average molecular weight is 306 g/mol. The zero-order valence-electron chi connectivity index (χ0n) is 13.5. The van der Waals surface area contributed by atoms with Crippen LogP contribution in [0.3, 0.4) is 0 Å². The van der Waals surface area contributed by atoms with Gasteiger partial charge in [-0.05, 0) is 37.5 Å². The summed E-state index contributed by atoms with van der Waals surface area (Å²) >= 11 is 0. The second-order valence-electron chi connectivity index (χ2n) is 5.58. The van der Waals surface area contributed by atoms with E-state index in [-0.39, 0.29) is 6.03 Å². The minimum atomic E-state index is -0.0966. The fourth-order valence-electron chi connectivity index (χ4n) is 2.77. The van der Waals surface area contributed by atoms with E-state index in [1.54, 1.807) is 7.11 Å². The topological polar surface area (TPSA) is 59.6 Å². The Morgan fingerprint density at radius 1 is 1.23 bits per heavy atom. The number of rotatable bonds is 6. The smallest absolute Gasteiger partial charge is 0.315 e. The van der Waals surface area contributed by atoms with Crippen molar-refractivity contribution in [3.63, 3.8) is 0 Å². The Morgan fingerprint density at radius 2 is 2.00 bits per heavy atom. The van der Waals surface area contributed by atoms with Gasteiger partial charge in [0, 0.05) is 12.6 Å². The van der Waals surface area contributed by atoms with Gasteiger partial charge in [0.05, 0.1) is 13.7 Å². The molecule has 0 bridgehead atoms. The average Bonchev–Trinajstić information content (AvgIpc) is 2.54. The largest absolute Gasteiger partial charge is 0.493 e. The molecule has 1 saturated carbocycles. The molecule has 22 heavy (non-hydrogen) atoms. The van der Waals surface area contributed by atoms with Gasteiger partial charge in [0.1, 0.15) is 0 Å². The number of methoxy groups -OCH3 is 1. The molecule has 0 radical (unpaired) electrons. The first kappa shape index (κ1) is 16.5. The molecule has 0 aromatic heterocycles. The lowest BCUT2D eigenvalue weighted by molar-refractivity contribution is 0.232. The second-order valence-corrected chi connectivity index (χ2v) is 5.58. The van der Waals surface area contributed by atoms with Gasteiger partial charge in [-0.1, -0.05) is 25.3 Å². The first-order valence-electron chi connectivity index (χ1n) is 8.07. The van der Waals surface area contributed by atoms with Crippen LogP contribution in [0.25, 0.3) is 0 Å². The number of benzene rings is 1. The van der Waals surface area contributed by atoms with Gasteiger partial charge in [-0.15, -0.1) is 0 Å². The fraction of sp³-hybridized carbons (Fsp3) is 0.588. The van der Waals surface area contributed by atoms with Crippen molar-refractivity contribution >= 4 is 6.03 Å². The molecule has 5 heteroatoms. The molecule has 1 aromatic carbocycles. The van der Waals surface area contributed by atoms with Gasteiger partial charge in [-0.2, -0.15) is 0 Å². The summed E-state index contributed by atoms with van der Waals surface area (Å²) in [7, 11) is 1.62. The highest BCUT2D eigenvalue weighted by molar-refractivity contribution is 5.74. The van der Waals surface area contributed by atoms with Crippen LogP contribution in [-0.4, -0.2) is 25.8 Å². The van der Waals surface area contributed by atoms with Crippen LogP contribution in [-0.2, 0) is 6.54 Å². The highest BCUT2D eigenvalue weighted by Gasteiger charge is 2.15. The zero-order chi connectivity index (χ0) is 15.8. The SMILES string of the molecule is CCOc1cc(CNC(=O)NC2CCCCC2)ccc1OC. The number of carbonyl (C=O) groups excluding carboxylic acids is 1. The minimum Gasteiger partial charge on any atom is -0.493 e. The number of ether oxygens (including phenoxy) is 2. The standard InChI is InChI=1S/C17H26N2O3/c1-3-22-16-11-13(9-10-15(16)21-2)12-18-17(20)19-14-7-5-4-6-8-14/h9-11,14H,3-8,12H2,1-2H3,(H2,18,19,20). The summed E-state index contributed by atoms with van der Waals surface area (Å²) in [6.07, 6.45) is 5.88. The van der Waals surface area contributed by atoms with E-state index < -0.39 is 0 Å². The summed E-state index contributed by atoms with van der Waals surface area (Å²) in [6.45, 7) is 2.99. The van der Waals surface area contributed by atoms with E-state index in [0.29, 0.717) is 30.7 Å². The third-order valence-electron chi connectivity index (χ3n) is 3.92. The maximum atomic E-state index is 11.9. The Labute approximate surface area is 132 Å². The summed E-state index contributed by atoms with van der Waals surface area (Å²) < 4.78 is 10.8. The highest BCUT2D eigenvalue weighted by Crippen LogP contribution is 2.28. The van der Waals surface area contributed by atoms with Crippen molar-refractivity contribution in [1.82, 2.24) is 10.6 Å². The Balaban J connectivity index is 1.84. The van der Waals surface area contributed by atoms with E-state index in [4.69, 9.17) is 9.47 Å². The molecule has 0 saturated heterocycles. The summed E-state index contributed by atoms with van der Waals surface area (Å²) in [5, 5.41) is 5.95. The molecule has 1 aliphatic rings. The molecule has 2 rings (SSSR count). The predicted molar refractivity (Wildman–Crippen MR) is 86.4 cm³/mol. The molecule has 0 unspecified atom stereocenters. The van der Waals surface area contributed by atoms with E-state index in [9.17, 15) is 4.79 Å². The quantitative estimate of drug-likeness (QED) is 0.848. The van der Waals surface area contributed by atoms with Gasteiger partial charge in [0.15, 0.2) is 11.5 Å². The van der Waals surface area contributed by atoms with Crippen molar-refractivity contribution in [2.24, 2.45) is 0 Å². The number of nitrogens with one attached hydrogen (secondary N) is 2. The summed E-state index contributed by atoms with van der Waals surface area (Å²) in [5.74, 6) is 1.41. The van der Waals surface area contributed by atoms with E-state index in [2.05, 4.69) is 10.6 Å². The molecule has 2 N–H and O–H groups in total. The lowest BCUT2D eigenvalue weighted by atomic mass is 9.96. The summed E-state index contributed by atoms with van der Waals surface area (Å²) in [5.41, 5.74) is 0.989. The van der Waals surface area contributed by atoms with Gasteiger partial charge in [0.25, 0.3) is 0 Å². The number of hydrogen-bond donors (Lipinski definition) is 2. The molecule has 0 heterocycles. The van der Waals surface area contributed by atoms with Crippen LogP contribution >= 0.6 is 0 Å². The number of hydrogen-bond acceptors (Lipinski definition) is 3. The van der Waals surface area contributed by atoms with E-state index in [1.807, 2.05) is 25.1 Å². The number of amides is 2. The van der Waals surface area contributed by atoms with Crippen LogP contribution in [0, 0.1) is 0 Å². The van der Waals surface area contributed by atoms with Crippen molar-refractivity contribution in [3.05, 3.63) is 23.8 Å². The first-order valence-corrected chi connectivity index (χ1v) is 8.07. The number of carbonyl (C=O) groups is 1. The van der Waals surface area contributed by atoms with Crippen molar-refractivity contribution in [2.75, 3.05) is 13.7 Å². The molecule has 5 nitrogen and oxygen atoms in total. The molecule has 1 aromatic rings. The maximum Gasteiger partial charge on any atom is 0.315 e. The van der Waals surface area contributed by atoms with Gasteiger partial charge in [-0.25, -0.2) is 4.79 Å². The highest BCUT2D eigenvalue weighted by atomic mass is 16.5. The van der Waals surface area contributed by atoms with E-state index in [0.717, 1.165) is 18.4 Å². The molecule has 0 spiro atoms. The van der Waals surface area contributed by atoms with Crippen LogP contribution in [0.5, 0.6) is 11.5 Å². The van der Waals surface area contributed by atoms with Gasteiger partial charge in [0.2, 0.25) is 0 Å². The van der Waals surface area contributed by atoms with Crippen molar-refractivity contribution in [2.45, 2.75) is 51.6 Å². The van der Waals surface area contributed by atoms with Crippen molar-refractivity contribution in [1.29, 1.82) is 0 Å². The predicted octanol–water partition coefficient (Wildman–Crippen LogP) is 3.23. The summed E-state index contributed by atoms with van der Waals surface area (Å²) in [4.78, 5) is 11.9. The second kappa shape index (κ2) is 8.51. The summed E-state index contributed by atoms with van der Waals surface area (Å²) in [6, 6.07) is 5.93. The zero-order valence-corrected chi connectivity index (χ0v) is 13.5. The molecule has 2 amide bonds. The maximum absolute atomic E-state index is 11.9. The Morgan fingerprint density at radius 3 is 2.68 bits per heavy atom. The molecule has 0 atom stereocenters. The molecule has 0 aliphatic heterocycles. The monoisotopic (exact) mass is 306 g/mol. The molecular formula is C17H26N2O3. The van der Waals surface area contributed by atoms with E-state index in [1.165, 1.54) is 19.3 Å². The number of urea groups is 1. The van der Waals surface area contributed by atoms with Crippen LogP contribution < -0.4 is 20.1 Å². The van der Waals surface area contributed by atoms with Crippen molar-refractivity contribution in [3.8, 4) is 11.5 Å². The van der Waals surface area contributed by atoms with Crippen LogP contribution in [0.1, 0.15) is 44.6 Å². The minimum absolute atomic E-state index is 0.0966. The van der Waals surface area contributed by atoms with Gasteiger partial charge in [-0.3, -0.25) is 0 Å². The fourth-order valence-corrected chi connectivity index (χ4v) is 2.77. The normalized spacial score (nSPS) is 15.2. The molecular weight excluding hydrogens is 280 g/mol. The van der Waals surface area contributed by atoms with E-state index >= 15 is 0 Å². The lowest BCUT2D eigenvalue weighted by Gasteiger charge is -2.22. The van der Waals surface area contributed by atoms with Crippen LogP contribution in [0.4, 0.5) is 4.79 Å². The van der Waals surface area contributed by atoms with Crippen molar-refractivity contribution < 1.29 is 14.3 Å².